The maximum absolute atomic E-state index is 4.33. The van der Waals surface area contributed by atoms with Gasteiger partial charge in [0.05, 0.1) is 0 Å². The average molecular weight is 217 g/mol. The van der Waals surface area contributed by atoms with Gasteiger partial charge in [0.2, 0.25) is 0 Å². The molecule has 1 saturated heterocycles. The molecule has 5 heteroatoms. The molecule has 0 radical (unpaired) electrons. The van der Waals surface area contributed by atoms with Gasteiger partial charge in [-0.2, -0.15) is 9.61 Å². The van der Waals surface area contributed by atoms with Gasteiger partial charge in [0.1, 0.15) is 0 Å². The predicted molar refractivity (Wildman–Crippen MR) is 60.2 cm³/mol. The lowest BCUT2D eigenvalue weighted by Gasteiger charge is -2.31. The van der Waals surface area contributed by atoms with E-state index >= 15 is 0 Å². The predicted octanol–water partition coefficient (Wildman–Crippen LogP) is 0.765. The van der Waals surface area contributed by atoms with Crippen molar-refractivity contribution in [3.8, 4) is 0 Å². The molecular formula is C11H15N5. The van der Waals surface area contributed by atoms with Gasteiger partial charge >= 0.3 is 0 Å². The summed E-state index contributed by atoms with van der Waals surface area (Å²) in [6.07, 6.45) is 4.09. The van der Waals surface area contributed by atoms with E-state index in [0.717, 1.165) is 31.0 Å². The number of fused-ring (bicyclic) bond motifs is 1. The Kier molecular flexibility index (Phi) is 2.14. The van der Waals surface area contributed by atoms with E-state index in [4.69, 9.17) is 0 Å². The summed E-state index contributed by atoms with van der Waals surface area (Å²) in [6.45, 7) is 4.27. The van der Waals surface area contributed by atoms with E-state index < -0.39 is 0 Å². The standard InChI is InChI=1S/C11H15N5/c1-11(5-3-6-12-8-11)10-15-14-9-4-2-7-13-16(9)10/h2,4,7,12H,3,5-6,8H2,1H3. The molecule has 0 bridgehead atoms. The van der Waals surface area contributed by atoms with Crippen molar-refractivity contribution in [2.24, 2.45) is 0 Å². The summed E-state index contributed by atoms with van der Waals surface area (Å²) in [5, 5.41) is 16.2. The summed E-state index contributed by atoms with van der Waals surface area (Å²) in [5.41, 5.74) is 0.871. The number of piperidine rings is 1. The SMILES string of the molecule is CC1(c2nnc3cccnn23)CCCNC1. The molecule has 1 N–H and O–H groups in total. The van der Waals surface area contributed by atoms with Crippen molar-refractivity contribution < 1.29 is 0 Å². The third kappa shape index (κ3) is 1.39. The van der Waals surface area contributed by atoms with E-state index in [1.54, 1.807) is 6.20 Å². The minimum atomic E-state index is 0.0476. The first-order chi connectivity index (χ1) is 7.80. The highest BCUT2D eigenvalue weighted by atomic mass is 15.4. The van der Waals surface area contributed by atoms with Crippen molar-refractivity contribution in [3.63, 3.8) is 0 Å². The van der Waals surface area contributed by atoms with Crippen molar-refractivity contribution in [1.29, 1.82) is 0 Å². The first-order valence-electron chi connectivity index (χ1n) is 5.67. The second kappa shape index (κ2) is 3.52. The molecule has 1 aliphatic heterocycles. The molecule has 1 unspecified atom stereocenters. The van der Waals surface area contributed by atoms with Gasteiger partial charge in [0, 0.05) is 18.2 Å². The normalized spacial score (nSPS) is 26.1. The summed E-state index contributed by atoms with van der Waals surface area (Å²) in [4.78, 5) is 0. The maximum Gasteiger partial charge on any atom is 0.177 e. The van der Waals surface area contributed by atoms with Crippen molar-refractivity contribution in [2.45, 2.75) is 25.2 Å². The van der Waals surface area contributed by atoms with E-state index in [9.17, 15) is 0 Å². The van der Waals surface area contributed by atoms with Gasteiger partial charge in [-0.05, 0) is 31.5 Å². The van der Waals surface area contributed by atoms with Crippen LogP contribution in [0.5, 0.6) is 0 Å². The van der Waals surface area contributed by atoms with E-state index in [2.05, 4.69) is 27.5 Å². The van der Waals surface area contributed by atoms with Crippen molar-refractivity contribution >= 4 is 5.65 Å². The van der Waals surface area contributed by atoms with Crippen molar-refractivity contribution in [1.82, 2.24) is 25.1 Å². The molecule has 1 fully saturated rings. The smallest absolute Gasteiger partial charge is 0.177 e. The number of aromatic nitrogens is 4. The van der Waals surface area contributed by atoms with Crippen LogP contribution in [0.3, 0.4) is 0 Å². The van der Waals surface area contributed by atoms with E-state index in [-0.39, 0.29) is 5.41 Å². The molecule has 0 aromatic carbocycles. The Balaban J connectivity index is 2.11. The number of hydrogen-bond donors (Lipinski definition) is 1. The van der Waals surface area contributed by atoms with Gasteiger partial charge in [-0.25, -0.2) is 0 Å². The van der Waals surface area contributed by atoms with E-state index in [1.807, 2.05) is 16.6 Å². The molecule has 16 heavy (non-hydrogen) atoms. The lowest BCUT2D eigenvalue weighted by molar-refractivity contribution is 0.318. The Bertz CT molecular complexity index is 498. The highest BCUT2D eigenvalue weighted by Gasteiger charge is 2.33. The quantitative estimate of drug-likeness (QED) is 0.766. The molecule has 2 aromatic rings. The zero-order valence-electron chi connectivity index (χ0n) is 9.35. The van der Waals surface area contributed by atoms with Crippen LogP contribution in [-0.4, -0.2) is 32.9 Å². The largest absolute Gasteiger partial charge is 0.316 e. The second-order valence-electron chi connectivity index (χ2n) is 4.66. The Morgan fingerprint density at radius 1 is 1.44 bits per heavy atom. The van der Waals surface area contributed by atoms with Gasteiger partial charge in [-0.3, -0.25) is 0 Å². The highest BCUT2D eigenvalue weighted by Crippen LogP contribution is 2.28. The monoisotopic (exact) mass is 217 g/mol. The fourth-order valence-electron chi connectivity index (χ4n) is 2.37. The third-order valence-corrected chi connectivity index (χ3v) is 3.32. The van der Waals surface area contributed by atoms with Crippen LogP contribution in [0.15, 0.2) is 18.3 Å². The lowest BCUT2D eigenvalue weighted by atomic mass is 9.82. The minimum Gasteiger partial charge on any atom is -0.316 e. The van der Waals surface area contributed by atoms with Gasteiger partial charge in [0.15, 0.2) is 11.5 Å². The topological polar surface area (TPSA) is 55.1 Å². The molecule has 3 heterocycles. The van der Waals surface area contributed by atoms with Crippen LogP contribution in [0.4, 0.5) is 0 Å². The number of nitrogens with one attached hydrogen (secondary N) is 1. The van der Waals surface area contributed by atoms with Crippen molar-refractivity contribution in [2.75, 3.05) is 13.1 Å². The van der Waals surface area contributed by atoms with E-state index in [1.165, 1.54) is 6.42 Å². The Hall–Kier alpha value is -1.49. The average Bonchev–Trinajstić information content (AvgIpc) is 2.74. The first-order valence-corrected chi connectivity index (χ1v) is 5.67. The molecule has 1 aliphatic rings. The third-order valence-electron chi connectivity index (χ3n) is 3.32. The highest BCUT2D eigenvalue weighted by molar-refractivity contribution is 5.36. The van der Waals surface area contributed by atoms with Crippen LogP contribution in [0.1, 0.15) is 25.6 Å². The lowest BCUT2D eigenvalue weighted by Crippen LogP contribution is -2.42. The minimum absolute atomic E-state index is 0.0476. The van der Waals surface area contributed by atoms with Gasteiger partial charge in [0.25, 0.3) is 0 Å². The van der Waals surface area contributed by atoms with Crippen LogP contribution < -0.4 is 5.32 Å². The molecular weight excluding hydrogens is 202 g/mol. The summed E-state index contributed by atoms with van der Waals surface area (Å²) in [7, 11) is 0. The van der Waals surface area contributed by atoms with E-state index in [0.29, 0.717) is 0 Å². The summed E-state index contributed by atoms with van der Waals surface area (Å²) < 4.78 is 1.85. The van der Waals surface area contributed by atoms with Gasteiger partial charge in [-0.15, -0.1) is 10.2 Å². The first kappa shape index (κ1) is 9.72. The van der Waals surface area contributed by atoms with Gasteiger partial charge < -0.3 is 5.32 Å². The molecule has 2 aromatic heterocycles. The Labute approximate surface area is 93.9 Å². The summed E-state index contributed by atoms with van der Waals surface area (Å²) in [6, 6.07) is 3.82. The molecule has 3 rings (SSSR count). The Morgan fingerprint density at radius 3 is 3.19 bits per heavy atom. The fraction of sp³-hybridized carbons (Fsp3) is 0.545. The zero-order valence-corrected chi connectivity index (χ0v) is 9.35. The summed E-state index contributed by atoms with van der Waals surface area (Å²) >= 11 is 0. The number of hydrogen-bond acceptors (Lipinski definition) is 4. The van der Waals surface area contributed by atoms with Crippen molar-refractivity contribution in [3.05, 3.63) is 24.2 Å². The number of nitrogens with zero attached hydrogens (tertiary/aromatic N) is 4. The molecule has 0 saturated carbocycles. The second-order valence-corrected chi connectivity index (χ2v) is 4.66. The van der Waals surface area contributed by atoms with Crippen LogP contribution in [0.2, 0.25) is 0 Å². The Morgan fingerprint density at radius 2 is 2.38 bits per heavy atom. The molecule has 5 nitrogen and oxygen atoms in total. The van der Waals surface area contributed by atoms with Crippen LogP contribution >= 0.6 is 0 Å². The van der Waals surface area contributed by atoms with Gasteiger partial charge in [-0.1, -0.05) is 6.92 Å². The molecule has 1 atom stereocenters. The molecule has 0 spiro atoms. The molecule has 0 aliphatic carbocycles. The number of rotatable bonds is 1. The fourth-order valence-corrected chi connectivity index (χ4v) is 2.37. The molecule has 0 amide bonds. The zero-order chi connectivity index (χ0) is 11.0. The van der Waals surface area contributed by atoms with Crippen LogP contribution in [0, 0.1) is 0 Å². The van der Waals surface area contributed by atoms with Crippen LogP contribution in [-0.2, 0) is 5.41 Å². The summed E-state index contributed by atoms with van der Waals surface area (Å²) in [5.74, 6) is 0.968. The van der Waals surface area contributed by atoms with Crippen LogP contribution in [0.25, 0.3) is 5.65 Å². The molecule has 84 valence electrons. The maximum atomic E-state index is 4.33.